The van der Waals surface area contributed by atoms with E-state index in [1.165, 1.54) is 54.9 Å². The van der Waals surface area contributed by atoms with E-state index < -0.39 is 0 Å². The molecule has 0 saturated carbocycles. The SMILES string of the molecule is c1ccc(-c2ccc(N(c3ccccc3)c3ccc(-c4cccc5c(-c6cccc7ccccc67)cccc45)cc3)cc2)cc1. The largest absolute Gasteiger partial charge is 0.311 e. The van der Waals surface area contributed by atoms with Gasteiger partial charge in [-0.3, -0.25) is 0 Å². The molecule has 0 aromatic heterocycles. The third-order valence-electron chi connectivity index (χ3n) is 8.69. The summed E-state index contributed by atoms with van der Waals surface area (Å²) in [4.78, 5) is 2.32. The van der Waals surface area contributed by atoms with Gasteiger partial charge in [-0.15, -0.1) is 0 Å². The summed E-state index contributed by atoms with van der Waals surface area (Å²) in [5.74, 6) is 0. The van der Waals surface area contributed by atoms with Gasteiger partial charge in [-0.2, -0.15) is 0 Å². The van der Waals surface area contributed by atoms with Crippen LogP contribution < -0.4 is 4.90 Å². The summed E-state index contributed by atoms with van der Waals surface area (Å²) in [6.07, 6.45) is 0. The molecule has 8 aromatic carbocycles. The van der Waals surface area contributed by atoms with Crippen LogP contribution in [0.4, 0.5) is 17.1 Å². The molecule has 0 atom stereocenters. The number of para-hydroxylation sites is 1. The molecule has 0 amide bonds. The van der Waals surface area contributed by atoms with Crippen molar-refractivity contribution < 1.29 is 0 Å². The van der Waals surface area contributed by atoms with Crippen LogP contribution in [0, 0.1) is 0 Å². The average molecular weight is 574 g/mol. The predicted molar refractivity (Wildman–Crippen MR) is 192 cm³/mol. The molecular weight excluding hydrogens is 542 g/mol. The molecule has 0 N–H and O–H groups in total. The van der Waals surface area contributed by atoms with E-state index in [4.69, 9.17) is 0 Å². The first-order chi connectivity index (χ1) is 22.3. The Kier molecular flexibility index (Phi) is 6.90. The van der Waals surface area contributed by atoms with Gasteiger partial charge in [0.15, 0.2) is 0 Å². The van der Waals surface area contributed by atoms with Gasteiger partial charge >= 0.3 is 0 Å². The zero-order valence-electron chi connectivity index (χ0n) is 24.8. The number of hydrogen-bond donors (Lipinski definition) is 0. The van der Waals surface area contributed by atoms with Gasteiger partial charge in [-0.25, -0.2) is 0 Å². The highest BCUT2D eigenvalue weighted by Crippen LogP contribution is 2.40. The number of fused-ring (bicyclic) bond motifs is 2. The van der Waals surface area contributed by atoms with Crippen molar-refractivity contribution >= 4 is 38.6 Å². The Hall–Kier alpha value is -5.92. The first kappa shape index (κ1) is 26.7. The minimum Gasteiger partial charge on any atom is -0.311 e. The summed E-state index contributed by atoms with van der Waals surface area (Å²) < 4.78 is 0. The molecule has 45 heavy (non-hydrogen) atoms. The Bertz CT molecular complexity index is 2230. The van der Waals surface area contributed by atoms with E-state index in [0.29, 0.717) is 0 Å². The van der Waals surface area contributed by atoms with Crippen molar-refractivity contribution in [3.63, 3.8) is 0 Å². The summed E-state index contributed by atoms with van der Waals surface area (Å²) >= 11 is 0. The minimum absolute atomic E-state index is 1.12. The Morgan fingerprint density at radius 3 is 1.36 bits per heavy atom. The fraction of sp³-hybridized carbons (Fsp3) is 0. The molecule has 0 saturated heterocycles. The second kappa shape index (κ2) is 11.6. The van der Waals surface area contributed by atoms with Crippen molar-refractivity contribution in [1.29, 1.82) is 0 Å². The van der Waals surface area contributed by atoms with Crippen LogP contribution in [0.1, 0.15) is 0 Å². The molecule has 212 valence electrons. The van der Waals surface area contributed by atoms with Gasteiger partial charge in [-0.1, -0.05) is 152 Å². The second-order valence-electron chi connectivity index (χ2n) is 11.4. The van der Waals surface area contributed by atoms with Crippen molar-refractivity contribution in [3.8, 4) is 33.4 Å². The maximum atomic E-state index is 2.32. The molecule has 0 heterocycles. The maximum Gasteiger partial charge on any atom is 0.0462 e. The highest BCUT2D eigenvalue weighted by atomic mass is 15.1. The summed E-state index contributed by atoms with van der Waals surface area (Å²) in [5, 5.41) is 5.06. The molecule has 0 unspecified atom stereocenters. The lowest BCUT2D eigenvalue weighted by Crippen LogP contribution is -2.09. The molecule has 0 radical (unpaired) electrons. The van der Waals surface area contributed by atoms with Crippen LogP contribution in [0.2, 0.25) is 0 Å². The molecule has 1 heteroatoms. The van der Waals surface area contributed by atoms with Crippen LogP contribution in [-0.4, -0.2) is 0 Å². The van der Waals surface area contributed by atoms with E-state index in [-0.39, 0.29) is 0 Å². The summed E-state index contributed by atoms with van der Waals surface area (Å²) in [6.45, 7) is 0. The molecule has 0 aliphatic carbocycles. The number of hydrogen-bond acceptors (Lipinski definition) is 1. The fourth-order valence-corrected chi connectivity index (χ4v) is 6.50. The van der Waals surface area contributed by atoms with Gasteiger partial charge in [0.2, 0.25) is 0 Å². The molecule has 1 nitrogen and oxygen atoms in total. The van der Waals surface area contributed by atoms with Crippen LogP contribution in [0.5, 0.6) is 0 Å². The Labute approximate surface area is 264 Å². The van der Waals surface area contributed by atoms with E-state index in [1.54, 1.807) is 0 Å². The van der Waals surface area contributed by atoms with Crippen LogP contribution in [0.15, 0.2) is 188 Å². The molecule has 0 fully saturated rings. The van der Waals surface area contributed by atoms with Crippen LogP contribution in [0.25, 0.3) is 54.9 Å². The quantitative estimate of drug-likeness (QED) is 0.191. The normalized spacial score (nSPS) is 11.1. The van der Waals surface area contributed by atoms with Gasteiger partial charge in [0.25, 0.3) is 0 Å². The highest BCUT2D eigenvalue weighted by Gasteiger charge is 2.14. The lowest BCUT2D eigenvalue weighted by atomic mass is 9.91. The van der Waals surface area contributed by atoms with Crippen LogP contribution >= 0.6 is 0 Å². The van der Waals surface area contributed by atoms with E-state index in [9.17, 15) is 0 Å². The molecule has 8 aromatic rings. The monoisotopic (exact) mass is 573 g/mol. The third kappa shape index (κ3) is 5.05. The number of benzene rings is 8. The average Bonchev–Trinajstić information content (AvgIpc) is 3.12. The molecular formula is C44H31N. The topological polar surface area (TPSA) is 3.24 Å². The predicted octanol–water partition coefficient (Wildman–Crippen LogP) is 12.5. The number of anilines is 3. The van der Waals surface area contributed by atoms with E-state index >= 15 is 0 Å². The Morgan fingerprint density at radius 1 is 0.244 bits per heavy atom. The first-order valence-corrected chi connectivity index (χ1v) is 15.4. The van der Waals surface area contributed by atoms with Crippen molar-refractivity contribution in [2.45, 2.75) is 0 Å². The minimum atomic E-state index is 1.12. The van der Waals surface area contributed by atoms with Crippen LogP contribution in [0.3, 0.4) is 0 Å². The zero-order chi connectivity index (χ0) is 30.0. The van der Waals surface area contributed by atoms with E-state index in [2.05, 4.69) is 193 Å². The molecule has 0 bridgehead atoms. The van der Waals surface area contributed by atoms with Crippen molar-refractivity contribution in [2.24, 2.45) is 0 Å². The van der Waals surface area contributed by atoms with Crippen molar-refractivity contribution in [1.82, 2.24) is 0 Å². The molecule has 0 aliphatic rings. The molecule has 0 spiro atoms. The fourth-order valence-electron chi connectivity index (χ4n) is 6.50. The Balaban J connectivity index is 1.19. The van der Waals surface area contributed by atoms with Crippen LogP contribution in [-0.2, 0) is 0 Å². The lowest BCUT2D eigenvalue weighted by Gasteiger charge is -2.26. The summed E-state index contributed by atoms with van der Waals surface area (Å²) in [6, 6.07) is 67.5. The van der Waals surface area contributed by atoms with Gasteiger partial charge in [0.1, 0.15) is 0 Å². The van der Waals surface area contributed by atoms with Crippen molar-refractivity contribution in [2.75, 3.05) is 4.90 Å². The first-order valence-electron chi connectivity index (χ1n) is 15.4. The van der Waals surface area contributed by atoms with Gasteiger partial charge < -0.3 is 4.90 Å². The molecule has 0 aliphatic heterocycles. The Morgan fingerprint density at radius 2 is 0.667 bits per heavy atom. The summed E-state index contributed by atoms with van der Waals surface area (Å²) in [7, 11) is 0. The summed E-state index contributed by atoms with van der Waals surface area (Å²) in [5.41, 5.74) is 10.8. The van der Waals surface area contributed by atoms with Crippen molar-refractivity contribution in [3.05, 3.63) is 188 Å². The molecule has 8 rings (SSSR count). The maximum absolute atomic E-state index is 2.32. The second-order valence-corrected chi connectivity index (χ2v) is 11.4. The van der Waals surface area contributed by atoms with Gasteiger partial charge in [0, 0.05) is 17.1 Å². The van der Waals surface area contributed by atoms with E-state index in [1.807, 2.05) is 0 Å². The van der Waals surface area contributed by atoms with E-state index in [0.717, 1.165) is 17.1 Å². The highest BCUT2D eigenvalue weighted by molar-refractivity contribution is 6.09. The zero-order valence-corrected chi connectivity index (χ0v) is 24.8. The van der Waals surface area contributed by atoms with Gasteiger partial charge in [-0.05, 0) is 91.3 Å². The standard InChI is InChI=1S/C44H31N/c1-3-12-32(13-4-1)33-24-28-37(29-25-33)45(36-16-5-2-6-17-36)38-30-26-35(27-31-38)40-19-10-22-43-42(40)21-11-23-44(43)41-20-9-15-34-14-7-8-18-39(34)41/h1-31H. The smallest absolute Gasteiger partial charge is 0.0462 e. The lowest BCUT2D eigenvalue weighted by molar-refractivity contribution is 1.28. The number of nitrogens with zero attached hydrogens (tertiary/aromatic N) is 1. The number of rotatable bonds is 6. The third-order valence-corrected chi connectivity index (χ3v) is 8.69. The van der Waals surface area contributed by atoms with Gasteiger partial charge in [0.05, 0.1) is 0 Å².